The fraction of sp³-hybridized carbons (Fsp3) is 0.714. The molecule has 2 fully saturated rings. The molecule has 3 rings (SSSR count). The van der Waals surface area contributed by atoms with Gasteiger partial charge in [-0.2, -0.15) is 0 Å². The normalized spacial score (nSPS) is 22.0. The molecule has 0 radical (unpaired) electrons. The Bertz CT molecular complexity index is 529. The fourth-order valence-corrected chi connectivity index (χ4v) is 4.74. The van der Waals surface area contributed by atoms with Crippen molar-refractivity contribution in [1.82, 2.24) is 10.2 Å². The summed E-state index contributed by atoms with van der Waals surface area (Å²) in [7, 11) is 1.74. The van der Waals surface area contributed by atoms with E-state index in [0.29, 0.717) is 0 Å². The highest BCUT2D eigenvalue weighted by molar-refractivity contribution is 9.10. The van der Waals surface area contributed by atoms with Gasteiger partial charge in [-0.1, -0.05) is 15.9 Å². The maximum absolute atomic E-state index is 5.38. The Hall–Kier alpha value is -0.290. The molecule has 2 saturated heterocycles. The molecule has 2 aliphatic heterocycles. The van der Waals surface area contributed by atoms with Crippen LogP contribution >= 0.6 is 28.3 Å². The van der Waals surface area contributed by atoms with Gasteiger partial charge in [0.15, 0.2) is 0 Å². The standard InChI is InChI=1S/C21H33BrN2O.ClH/c1-25-20-6-7-21(22)19(15-20)14-17-8-12-24(13-9-17)11-3-5-18-4-2-10-23-16-18;/h6-7,15,17-18,23H,2-5,8-14,16H2,1H3;1H. The SMILES string of the molecule is COc1ccc(Br)c(CC2CCN(CCCC3CCCNC3)CC2)c1.Cl. The second-order valence-electron chi connectivity index (χ2n) is 7.80. The number of hydrogen-bond donors (Lipinski definition) is 1. The van der Waals surface area contributed by atoms with Crippen LogP contribution in [-0.4, -0.2) is 44.7 Å². The van der Waals surface area contributed by atoms with Crippen molar-refractivity contribution in [2.24, 2.45) is 11.8 Å². The Kier molecular flexibility index (Phi) is 9.76. The molecule has 0 aliphatic carbocycles. The maximum atomic E-state index is 5.38. The van der Waals surface area contributed by atoms with Gasteiger partial charge in [0.1, 0.15) is 5.75 Å². The van der Waals surface area contributed by atoms with Crippen LogP contribution in [0.25, 0.3) is 0 Å². The third-order valence-corrected chi connectivity index (χ3v) is 6.73. The Labute approximate surface area is 173 Å². The molecule has 1 aromatic carbocycles. The molecular formula is C21H34BrClN2O. The van der Waals surface area contributed by atoms with Gasteiger partial charge >= 0.3 is 0 Å². The molecule has 26 heavy (non-hydrogen) atoms. The zero-order chi connectivity index (χ0) is 17.5. The first-order valence-corrected chi connectivity index (χ1v) is 10.8. The minimum Gasteiger partial charge on any atom is -0.497 e. The summed E-state index contributed by atoms with van der Waals surface area (Å²) >= 11 is 3.70. The summed E-state index contributed by atoms with van der Waals surface area (Å²) in [4.78, 5) is 2.69. The second kappa shape index (κ2) is 11.5. The average Bonchev–Trinajstić information content (AvgIpc) is 2.66. The van der Waals surface area contributed by atoms with E-state index in [1.807, 2.05) is 6.07 Å². The molecule has 148 valence electrons. The van der Waals surface area contributed by atoms with Crippen LogP contribution in [0, 0.1) is 11.8 Å². The second-order valence-corrected chi connectivity index (χ2v) is 8.66. The number of ether oxygens (including phenoxy) is 1. The number of likely N-dealkylation sites (tertiary alicyclic amines) is 1. The van der Waals surface area contributed by atoms with Crippen LogP contribution in [0.3, 0.4) is 0 Å². The zero-order valence-corrected chi connectivity index (χ0v) is 18.4. The van der Waals surface area contributed by atoms with Gasteiger partial charge in [0.2, 0.25) is 0 Å². The molecular weight excluding hydrogens is 412 g/mol. The van der Waals surface area contributed by atoms with E-state index in [-0.39, 0.29) is 12.4 Å². The number of hydrogen-bond acceptors (Lipinski definition) is 3. The molecule has 0 amide bonds. The van der Waals surface area contributed by atoms with Crippen LogP contribution < -0.4 is 10.1 Å². The summed E-state index contributed by atoms with van der Waals surface area (Å²) in [6.07, 6.45) is 9.41. The van der Waals surface area contributed by atoms with Crippen LogP contribution in [0.4, 0.5) is 0 Å². The van der Waals surface area contributed by atoms with E-state index < -0.39 is 0 Å². The van der Waals surface area contributed by atoms with Crippen LogP contribution in [0.1, 0.15) is 44.1 Å². The average molecular weight is 446 g/mol. The third-order valence-electron chi connectivity index (χ3n) is 5.95. The number of piperidine rings is 2. The summed E-state index contributed by atoms with van der Waals surface area (Å²) < 4.78 is 6.60. The van der Waals surface area contributed by atoms with Crippen LogP contribution in [0.5, 0.6) is 5.75 Å². The summed E-state index contributed by atoms with van der Waals surface area (Å²) in [6, 6.07) is 6.33. The molecule has 1 aromatic rings. The summed E-state index contributed by atoms with van der Waals surface area (Å²) in [6.45, 7) is 6.32. The van der Waals surface area contributed by atoms with Gasteiger partial charge in [0, 0.05) is 4.47 Å². The molecule has 0 saturated carbocycles. The van der Waals surface area contributed by atoms with E-state index in [0.717, 1.165) is 17.6 Å². The van der Waals surface area contributed by atoms with Crippen LogP contribution in [0.15, 0.2) is 22.7 Å². The Balaban J connectivity index is 0.00000243. The maximum Gasteiger partial charge on any atom is 0.119 e. The molecule has 1 unspecified atom stereocenters. The fourth-order valence-electron chi connectivity index (χ4n) is 4.33. The molecule has 2 heterocycles. The lowest BCUT2D eigenvalue weighted by Gasteiger charge is -2.32. The number of nitrogens with zero attached hydrogens (tertiary/aromatic N) is 1. The largest absolute Gasteiger partial charge is 0.497 e. The van der Waals surface area contributed by atoms with E-state index in [4.69, 9.17) is 4.74 Å². The van der Waals surface area contributed by atoms with Crippen molar-refractivity contribution in [1.29, 1.82) is 0 Å². The van der Waals surface area contributed by atoms with Gasteiger partial charge in [-0.3, -0.25) is 0 Å². The number of halogens is 2. The Morgan fingerprint density at radius 3 is 2.69 bits per heavy atom. The van der Waals surface area contributed by atoms with E-state index >= 15 is 0 Å². The van der Waals surface area contributed by atoms with Crippen molar-refractivity contribution in [3.05, 3.63) is 28.2 Å². The van der Waals surface area contributed by atoms with Crippen molar-refractivity contribution in [2.45, 2.75) is 44.9 Å². The van der Waals surface area contributed by atoms with Gasteiger partial charge in [-0.25, -0.2) is 0 Å². The minimum absolute atomic E-state index is 0. The highest BCUT2D eigenvalue weighted by Gasteiger charge is 2.21. The molecule has 0 aromatic heterocycles. The van der Waals surface area contributed by atoms with Crippen LogP contribution in [0.2, 0.25) is 0 Å². The first kappa shape index (κ1) is 22.0. The van der Waals surface area contributed by atoms with Gasteiger partial charge in [0.25, 0.3) is 0 Å². The lowest BCUT2D eigenvalue weighted by molar-refractivity contribution is 0.176. The first-order chi connectivity index (χ1) is 12.2. The van der Waals surface area contributed by atoms with E-state index in [9.17, 15) is 0 Å². The quantitative estimate of drug-likeness (QED) is 0.645. The molecule has 0 bridgehead atoms. The van der Waals surface area contributed by atoms with Crippen molar-refractivity contribution in [3.8, 4) is 5.75 Å². The van der Waals surface area contributed by atoms with E-state index in [2.05, 4.69) is 38.3 Å². The molecule has 1 atom stereocenters. The molecule has 1 N–H and O–H groups in total. The zero-order valence-electron chi connectivity index (χ0n) is 16.0. The lowest BCUT2D eigenvalue weighted by Crippen LogP contribution is -2.35. The van der Waals surface area contributed by atoms with Gasteiger partial charge in [-0.05, 0) is 113 Å². The van der Waals surface area contributed by atoms with Gasteiger partial charge < -0.3 is 15.0 Å². The van der Waals surface area contributed by atoms with Crippen LogP contribution in [-0.2, 0) is 6.42 Å². The van der Waals surface area contributed by atoms with Crippen molar-refractivity contribution >= 4 is 28.3 Å². The predicted molar refractivity (Wildman–Crippen MR) is 116 cm³/mol. The molecule has 0 spiro atoms. The Morgan fingerprint density at radius 1 is 1.19 bits per heavy atom. The molecule has 5 heteroatoms. The first-order valence-electron chi connectivity index (χ1n) is 10.00. The van der Waals surface area contributed by atoms with Gasteiger partial charge in [-0.15, -0.1) is 12.4 Å². The van der Waals surface area contributed by atoms with Crippen molar-refractivity contribution in [3.63, 3.8) is 0 Å². The van der Waals surface area contributed by atoms with Gasteiger partial charge in [0.05, 0.1) is 7.11 Å². The lowest BCUT2D eigenvalue weighted by atomic mass is 9.89. The summed E-state index contributed by atoms with van der Waals surface area (Å²) in [5.74, 6) is 2.70. The van der Waals surface area contributed by atoms with E-state index in [1.54, 1.807) is 7.11 Å². The third kappa shape index (κ3) is 6.70. The summed E-state index contributed by atoms with van der Waals surface area (Å²) in [5.41, 5.74) is 1.39. The molecule has 2 aliphatic rings. The van der Waals surface area contributed by atoms with E-state index in [1.165, 1.54) is 87.7 Å². The topological polar surface area (TPSA) is 24.5 Å². The number of methoxy groups -OCH3 is 1. The number of rotatable bonds is 7. The number of benzene rings is 1. The highest BCUT2D eigenvalue weighted by atomic mass is 79.9. The number of nitrogens with one attached hydrogen (secondary N) is 1. The Morgan fingerprint density at radius 2 is 2.00 bits per heavy atom. The minimum atomic E-state index is 0. The highest BCUT2D eigenvalue weighted by Crippen LogP contribution is 2.29. The molecule has 3 nitrogen and oxygen atoms in total. The predicted octanol–water partition coefficient (Wildman–Crippen LogP) is 4.91. The van der Waals surface area contributed by atoms with Crippen molar-refractivity contribution in [2.75, 3.05) is 39.8 Å². The van der Waals surface area contributed by atoms with Crippen molar-refractivity contribution < 1.29 is 4.74 Å². The smallest absolute Gasteiger partial charge is 0.119 e. The summed E-state index contributed by atoms with van der Waals surface area (Å²) in [5, 5.41) is 3.54. The monoisotopic (exact) mass is 444 g/mol.